The fourth-order valence-corrected chi connectivity index (χ4v) is 1.62. The van der Waals surface area contributed by atoms with Gasteiger partial charge in [-0.15, -0.1) is 0 Å². The van der Waals surface area contributed by atoms with Crippen LogP contribution in [0, 0.1) is 0 Å². The maximum absolute atomic E-state index is 11.0. The van der Waals surface area contributed by atoms with E-state index < -0.39 is 8.07 Å². The Bertz CT molecular complexity index is 189. The number of esters is 1. The van der Waals surface area contributed by atoms with Gasteiger partial charge in [0.05, 0.1) is 7.11 Å². The second kappa shape index (κ2) is 4.45. The van der Waals surface area contributed by atoms with Crippen LogP contribution in [-0.2, 0) is 9.53 Å². The van der Waals surface area contributed by atoms with Crippen molar-refractivity contribution >= 4 is 14.0 Å². The molecule has 0 aliphatic heterocycles. The van der Waals surface area contributed by atoms with E-state index in [9.17, 15) is 4.79 Å². The SMILES string of the molecule is COC(=O)/C(C)=C/C[Si](C)(C)C. The minimum absolute atomic E-state index is 0.215. The van der Waals surface area contributed by atoms with Crippen molar-refractivity contribution in [2.24, 2.45) is 0 Å². The number of ether oxygens (including phenoxy) is 1. The van der Waals surface area contributed by atoms with Gasteiger partial charge in [-0.3, -0.25) is 0 Å². The molecular weight excluding hydrogens is 168 g/mol. The Kier molecular flexibility index (Phi) is 4.24. The number of allylic oxidation sites excluding steroid dienone is 1. The largest absolute Gasteiger partial charge is 0.466 e. The lowest BCUT2D eigenvalue weighted by atomic mass is 10.3. The zero-order valence-electron chi connectivity index (χ0n) is 8.60. The summed E-state index contributed by atoms with van der Waals surface area (Å²) in [7, 11) is 0.348. The number of hydrogen-bond donors (Lipinski definition) is 0. The van der Waals surface area contributed by atoms with E-state index in [1.807, 2.05) is 6.08 Å². The second-order valence-electron chi connectivity index (χ2n) is 4.14. The standard InChI is InChI=1S/C9H18O2Si/c1-8(9(10)11-2)6-7-12(3,4)5/h6H,7H2,1-5H3/b8-6+. The van der Waals surface area contributed by atoms with E-state index in [4.69, 9.17) is 0 Å². The molecule has 12 heavy (non-hydrogen) atoms. The van der Waals surface area contributed by atoms with Crippen molar-refractivity contribution in [3.63, 3.8) is 0 Å². The summed E-state index contributed by atoms with van der Waals surface area (Å²) in [6.07, 6.45) is 1.98. The van der Waals surface area contributed by atoms with Crippen molar-refractivity contribution in [3.8, 4) is 0 Å². The van der Waals surface area contributed by atoms with Crippen LogP contribution in [0.25, 0.3) is 0 Å². The van der Waals surface area contributed by atoms with Crippen molar-refractivity contribution in [1.82, 2.24) is 0 Å². The van der Waals surface area contributed by atoms with Crippen molar-refractivity contribution in [2.75, 3.05) is 7.11 Å². The van der Waals surface area contributed by atoms with Gasteiger partial charge in [-0.2, -0.15) is 0 Å². The summed E-state index contributed by atoms with van der Waals surface area (Å²) in [5.74, 6) is -0.215. The lowest BCUT2D eigenvalue weighted by Gasteiger charge is -2.12. The molecule has 0 aromatic rings. The fourth-order valence-electron chi connectivity index (χ4n) is 0.704. The summed E-state index contributed by atoms with van der Waals surface area (Å²) in [6.45, 7) is 8.61. The quantitative estimate of drug-likeness (QED) is 0.384. The fraction of sp³-hybridized carbons (Fsp3) is 0.667. The molecule has 0 amide bonds. The molecule has 2 nitrogen and oxygen atoms in total. The van der Waals surface area contributed by atoms with E-state index in [0.717, 1.165) is 11.6 Å². The van der Waals surface area contributed by atoms with E-state index in [-0.39, 0.29) is 5.97 Å². The van der Waals surface area contributed by atoms with Gasteiger partial charge in [-0.1, -0.05) is 25.7 Å². The highest BCUT2D eigenvalue weighted by Gasteiger charge is 2.11. The Balaban J connectivity index is 4.10. The van der Waals surface area contributed by atoms with Crippen molar-refractivity contribution < 1.29 is 9.53 Å². The lowest BCUT2D eigenvalue weighted by Crippen LogP contribution is -2.18. The highest BCUT2D eigenvalue weighted by molar-refractivity contribution is 6.76. The third-order valence-corrected chi connectivity index (χ3v) is 2.96. The van der Waals surface area contributed by atoms with E-state index in [1.165, 1.54) is 7.11 Å². The molecule has 0 aliphatic rings. The smallest absolute Gasteiger partial charge is 0.333 e. The van der Waals surface area contributed by atoms with Crippen LogP contribution in [-0.4, -0.2) is 21.2 Å². The number of carbonyl (C=O) groups is 1. The van der Waals surface area contributed by atoms with E-state index in [0.29, 0.717) is 0 Å². The number of methoxy groups -OCH3 is 1. The molecule has 0 spiro atoms. The van der Waals surface area contributed by atoms with Gasteiger partial charge in [0, 0.05) is 13.6 Å². The van der Waals surface area contributed by atoms with Gasteiger partial charge in [0.2, 0.25) is 0 Å². The zero-order chi connectivity index (χ0) is 9.78. The predicted molar refractivity (Wildman–Crippen MR) is 53.9 cm³/mol. The molecule has 0 aliphatic carbocycles. The first kappa shape index (κ1) is 11.4. The first-order chi connectivity index (χ1) is 5.37. The van der Waals surface area contributed by atoms with Crippen LogP contribution in [0.4, 0.5) is 0 Å². The van der Waals surface area contributed by atoms with Gasteiger partial charge in [-0.25, -0.2) is 4.79 Å². The maximum atomic E-state index is 11.0. The number of carbonyl (C=O) groups excluding carboxylic acids is 1. The molecule has 0 saturated heterocycles. The molecule has 0 saturated carbocycles. The van der Waals surface area contributed by atoms with Gasteiger partial charge in [0.25, 0.3) is 0 Å². The van der Waals surface area contributed by atoms with Crippen LogP contribution >= 0.6 is 0 Å². The van der Waals surface area contributed by atoms with E-state index >= 15 is 0 Å². The molecule has 0 atom stereocenters. The van der Waals surface area contributed by atoms with Crippen molar-refractivity contribution in [3.05, 3.63) is 11.6 Å². The molecule has 0 N–H and O–H groups in total. The molecule has 0 aromatic heterocycles. The van der Waals surface area contributed by atoms with Crippen LogP contribution in [0.1, 0.15) is 6.92 Å². The Morgan fingerprint density at radius 3 is 2.25 bits per heavy atom. The van der Waals surface area contributed by atoms with Crippen LogP contribution in [0.15, 0.2) is 11.6 Å². The summed E-state index contributed by atoms with van der Waals surface area (Å²) in [4.78, 5) is 11.0. The average Bonchev–Trinajstić information content (AvgIpc) is 1.97. The zero-order valence-corrected chi connectivity index (χ0v) is 9.60. The third-order valence-electron chi connectivity index (χ3n) is 1.53. The monoisotopic (exact) mass is 186 g/mol. The summed E-state index contributed by atoms with van der Waals surface area (Å²) in [5.41, 5.74) is 0.722. The van der Waals surface area contributed by atoms with Gasteiger partial charge < -0.3 is 4.74 Å². The van der Waals surface area contributed by atoms with Gasteiger partial charge in [0.15, 0.2) is 0 Å². The normalized spacial score (nSPS) is 12.9. The molecule has 0 unspecified atom stereocenters. The topological polar surface area (TPSA) is 26.3 Å². The average molecular weight is 186 g/mol. The summed E-state index contributed by atoms with van der Waals surface area (Å²) in [5, 5.41) is 0. The van der Waals surface area contributed by atoms with Gasteiger partial charge in [0.1, 0.15) is 0 Å². The summed E-state index contributed by atoms with van der Waals surface area (Å²) >= 11 is 0. The van der Waals surface area contributed by atoms with Crippen LogP contribution in [0.5, 0.6) is 0 Å². The first-order valence-corrected chi connectivity index (χ1v) is 7.82. The van der Waals surface area contributed by atoms with Gasteiger partial charge >= 0.3 is 5.97 Å². The second-order valence-corrected chi connectivity index (χ2v) is 9.67. The van der Waals surface area contributed by atoms with Crippen LogP contribution < -0.4 is 0 Å². The molecule has 0 fully saturated rings. The highest BCUT2D eigenvalue weighted by Crippen LogP contribution is 2.11. The Morgan fingerprint density at radius 1 is 1.42 bits per heavy atom. The number of rotatable bonds is 3. The predicted octanol–water partition coefficient (Wildman–Crippen LogP) is 2.44. The van der Waals surface area contributed by atoms with Crippen LogP contribution in [0.2, 0.25) is 25.7 Å². The van der Waals surface area contributed by atoms with Gasteiger partial charge in [-0.05, 0) is 13.0 Å². The van der Waals surface area contributed by atoms with E-state index in [2.05, 4.69) is 24.4 Å². The number of hydrogen-bond acceptors (Lipinski definition) is 2. The Labute approximate surface area is 75.6 Å². The minimum atomic E-state index is -1.06. The van der Waals surface area contributed by atoms with Crippen molar-refractivity contribution in [2.45, 2.75) is 32.6 Å². The highest BCUT2D eigenvalue weighted by atomic mass is 28.3. The van der Waals surface area contributed by atoms with Crippen LogP contribution in [0.3, 0.4) is 0 Å². The first-order valence-electron chi connectivity index (χ1n) is 4.12. The molecule has 0 aromatic carbocycles. The molecular formula is C9H18O2Si. The molecule has 0 heterocycles. The summed E-state index contributed by atoms with van der Waals surface area (Å²) < 4.78 is 4.59. The lowest BCUT2D eigenvalue weighted by molar-refractivity contribution is -0.136. The Hall–Kier alpha value is -0.573. The third kappa shape index (κ3) is 5.13. The Morgan fingerprint density at radius 2 is 1.92 bits per heavy atom. The molecule has 0 radical (unpaired) electrons. The maximum Gasteiger partial charge on any atom is 0.333 e. The molecule has 0 rings (SSSR count). The minimum Gasteiger partial charge on any atom is -0.466 e. The summed E-state index contributed by atoms with van der Waals surface area (Å²) in [6, 6.07) is 1.04. The molecule has 0 bridgehead atoms. The molecule has 70 valence electrons. The van der Waals surface area contributed by atoms with E-state index in [1.54, 1.807) is 6.92 Å². The van der Waals surface area contributed by atoms with Crippen molar-refractivity contribution in [1.29, 1.82) is 0 Å². The molecule has 3 heteroatoms.